The lowest BCUT2D eigenvalue weighted by Gasteiger charge is -2.31. The zero-order valence-corrected chi connectivity index (χ0v) is 12.0. The lowest BCUT2D eigenvalue weighted by atomic mass is 9.99. The summed E-state index contributed by atoms with van der Waals surface area (Å²) in [5.74, 6) is 1.98. The summed E-state index contributed by atoms with van der Waals surface area (Å²) in [6.45, 7) is 1.87. The minimum Gasteiger partial charge on any atom is -0.396 e. The van der Waals surface area contributed by atoms with Crippen molar-refractivity contribution in [3.63, 3.8) is 0 Å². The maximum absolute atomic E-state index is 9.36. The summed E-state index contributed by atoms with van der Waals surface area (Å²) in [4.78, 5) is 19.4. The number of nitrogens with zero attached hydrogens (tertiary/aromatic N) is 6. The molecule has 1 atom stereocenters. The predicted octanol–water partition coefficient (Wildman–Crippen LogP) is 0.308. The third-order valence-electron chi connectivity index (χ3n) is 3.63. The molecule has 0 aromatic carbocycles. The number of hydrogen-bond donors (Lipinski definition) is 2. The molecular weight excluding hydrogens is 270 g/mol. The van der Waals surface area contributed by atoms with Gasteiger partial charge in [0.05, 0.1) is 0 Å². The number of aliphatic hydroxyl groups excluding tert-OH is 1. The van der Waals surface area contributed by atoms with Gasteiger partial charge in [-0.2, -0.15) is 15.0 Å². The number of anilines is 2. The van der Waals surface area contributed by atoms with Gasteiger partial charge in [0.1, 0.15) is 6.33 Å². The van der Waals surface area contributed by atoms with Gasteiger partial charge in [-0.15, -0.1) is 0 Å². The fraction of sp³-hybridized carbons (Fsp3) is 0.538. The summed E-state index contributed by atoms with van der Waals surface area (Å²) in [5.41, 5.74) is 0. The Kier molecular flexibility index (Phi) is 3.96. The van der Waals surface area contributed by atoms with E-state index in [2.05, 4.69) is 30.2 Å². The summed E-state index contributed by atoms with van der Waals surface area (Å²) in [6, 6.07) is 0. The Labute approximate surface area is 122 Å². The topological polar surface area (TPSA) is 92.0 Å². The molecule has 0 amide bonds. The summed E-state index contributed by atoms with van der Waals surface area (Å²) in [7, 11) is 1.78. The molecule has 1 unspecified atom stereocenters. The van der Waals surface area contributed by atoms with E-state index >= 15 is 0 Å². The van der Waals surface area contributed by atoms with Crippen LogP contribution in [0.1, 0.15) is 12.8 Å². The first kappa shape index (κ1) is 13.7. The van der Waals surface area contributed by atoms with Crippen LogP contribution in [0, 0.1) is 5.92 Å². The zero-order chi connectivity index (χ0) is 14.7. The van der Waals surface area contributed by atoms with Crippen LogP contribution in [0.5, 0.6) is 0 Å². The van der Waals surface area contributed by atoms with Crippen molar-refractivity contribution in [3.05, 3.63) is 18.7 Å². The monoisotopic (exact) mass is 289 g/mol. The molecule has 1 fully saturated rings. The van der Waals surface area contributed by atoms with Crippen LogP contribution in [-0.2, 0) is 0 Å². The van der Waals surface area contributed by atoms with Crippen LogP contribution in [-0.4, -0.2) is 56.4 Å². The van der Waals surface area contributed by atoms with Gasteiger partial charge in [0.25, 0.3) is 0 Å². The Morgan fingerprint density at radius 3 is 2.90 bits per heavy atom. The van der Waals surface area contributed by atoms with Crippen LogP contribution in [0.4, 0.5) is 11.9 Å². The Morgan fingerprint density at radius 1 is 1.33 bits per heavy atom. The average Bonchev–Trinajstić information content (AvgIpc) is 3.09. The molecule has 0 radical (unpaired) electrons. The molecular formula is C13H19N7O. The first-order chi connectivity index (χ1) is 10.3. The molecule has 0 bridgehead atoms. The number of imidazole rings is 1. The third kappa shape index (κ3) is 2.94. The van der Waals surface area contributed by atoms with Gasteiger partial charge in [-0.05, 0) is 18.8 Å². The second-order valence-electron chi connectivity index (χ2n) is 5.12. The maximum atomic E-state index is 9.36. The molecule has 21 heavy (non-hydrogen) atoms. The molecule has 1 aliphatic rings. The molecule has 2 aromatic rings. The number of aromatic nitrogens is 5. The smallest absolute Gasteiger partial charge is 0.241 e. The molecule has 2 N–H and O–H groups in total. The fourth-order valence-electron chi connectivity index (χ4n) is 2.50. The molecule has 1 aliphatic heterocycles. The van der Waals surface area contributed by atoms with Gasteiger partial charge in [0.15, 0.2) is 0 Å². The molecule has 2 aromatic heterocycles. The number of nitrogens with one attached hydrogen (secondary N) is 1. The van der Waals surface area contributed by atoms with Crippen molar-refractivity contribution in [2.45, 2.75) is 12.8 Å². The van der Waals surface area contributed by atoms with Gasteiger partial charge in [-0.1, -0.05) is 0 Å². The number of piperidine rings is 1. The van der Waals surface area contributed by atoms with E-state index in [0.29, 0.717) is 17.8 Å². The van der Waals surface area contributed by atoms with Crippen LogP contribution in [0.3, 0.4) is 0 Å². The molecule has 0 spiro atoms. The van der Waals surface area contributed by atoms with Crippen LogP contribution in [0.2, 0.25) is 0 Å². The molecule has 3 rings (SSSR count). The largest absolute Gasteiger partial charge is 0.396 e. The molecule has 0 aliphatic carbocycles. The predicted molar refractivity (Wildman–Crippen MR) is 78.5 cm³/mol. The Morgan fingerprint density at radius 2 is 2.19 bits per heavy atom. The normalized spacial score (nSPS) is 18.8. The van der Waals surface area contributed by atoms with Crippen LogP contribution in [0.25, 0.3) is 5.95 Å². The van der Waals surface area contributed by atoms with Gasteiger partial charge in [0.2, 0.25) is 17.8 Å². The molecule has 8 nitrogen and oxygen atoms in total. The highest BCUT2D eigenvalue weighted by Gasteiger charge is 2.22. The molecule has 3 heterocycles. The van der Waals surface area contributed by atoms with Crippen molar-refractivity contribution in [2.24, 2.45) is 5.92 Å². The van der Waals surface area contributed by atoms with E-state index in [0.717, 1.165) is 25.9 Å². The lowest BCUT2D eigenvalue weighted by Crippen LogP contribution is -2.38. The van der Waals surface area contributed by atoms with Gasteiger partial charge in [-0.3, -0.25) is 4.57 Å². The van der Waals surface area contributed by atoms with Crippen molar-refractivity contribution in [1.82, 2.24) is 24.5 Å². The van der Waals surface area contributed by atoms with Gasteiger partial charge >= 0.3 is 0 Å². The van der Waals surface area contributed by atoms with E-state index in [4.69, 9.17) is 0 Å². The van der Waals surface area contributed by atoms with E-state index in [1.807, 2.05) is 0 Å². The second kappa shape index (κ2) is 6.04. The Hall–Kier alpha value is -2.22. The molecule has 1 saturated heterocycles. The van der Waals surface area contributed by atoms with Crippen molar-refractivity contribution in [2.75, 3.05) is 37.0 Å². The third-order valence-corrected chi connectivity index (χ3v) is 3.63. The summed E-state index contributed by atoms with van der Waals surface area (Å²) >= 11 is 0. The second-order valence-corrected chi connectivity index (χ2v) is 5.12. The van der Waals surface area contributed by atoms with Gasteiger partial charge in [0, 0.05) is 39.1 Å². The van der Waals surface area contributed by atoms with E-state index in [1.54, 1.807) is 30.3 Å². The summed E-state index contributed by atoms with van der Waals surface area (Å²) in [6.07, 6.45) is 7.22. The number of rotatable bonds is 4. The van der Waals surface area contributed by atoms with Crippen LogP contribution >= 0.6 is 0 Å². The molecule has 112 valence electrons. The van der Waals surface area contributed by atoms with E-state index in [-0.39, 0.29) is 12.5 Å². The number of hydrogen-bond acceptors (Lipinski definition) is 7. The minimum absolute atomic E-state index is 0.203. The number of aliphatic hydroxyl groups is 1. The van der Waals surface area contributed by atoms with Crippen molar-refractivity contribution in [1.29, 1.82) is 0 Å². The highest BCUT2D eigenvalue weighted by molar-refractivity contribution is 5.40. The fourth-order valence-corrected chi connectivity index (χ4v) is 2.50. The van der Waals surface area contributed by atoms with Crippen molar-refractivity contribution >= 4 is 11.9 Å². The summed E-state index contributed by atoms with van der Waals surface area (Å²) < 4.78 is 1.75. The minimum atomic E-state index is 0.203. The van der Waals surface area contributed by atoms with E-state index in [1.165, 1.54) is 0 Å². The van der Waals surface area contributed by atoms with E-state index in [9.17, 15) is 5.11 Å². The van der Waals surface area contributed by atoms with Gasteiger partial charge in [-0.25, -0.2) is 4.98 Å². The Balaban J connectivity index is 1.92. The Bertz CT molecular complexity index is 586. The highest BCUT2D eigenvalue weighted by Crippen LogP contribution is 2.21. The van der Waals surface area contributed by atoms with Crippen LogP contribution in [0.15, 0.2) is 18.7 Å². The van der Waals surface area contributed by atoms with Crippen molar-refractivity contribution < 1.29 is 5.11 Å². The van der Waals surface area contributed by atoms with Crippen molar-refractivity contribution in [3.8, 4) is 5.95 Å². The van der Waals surface area contributed by atoms with Gasteiger partial charge < -0.3 is 15.3 Å². The quantitative estimate of drug-likeness (QED) is 0.836. The summed E-state index contributed by atoms with van der Waals surface area (Å²) in [5, 5.41) is 12.3. The lowest BCUT2D eigenvalue weighted by molar-refractivity contribution is 0.208. The average molecular weight is 289 g/mol. The first-order valence-electron chi connectivity index (χ1n) is 7.08. The van der Waals surface area contributed by atoms with Crippen LogP contribution < -0.4 is 10.2 Å². The standard InChI is InChI=1S/C13H19N7O/c1-14-11-16-12(19-5-2-3-10(7-19)8-21)18-13(17-11)20-6-4-15-9-20/h4,6,9-10,21H,2-3,5,7-8H2,1H3,(H,14,16,17,18). The SMILES string of the molecule is CNc1nc(N2CCCC(CO)C2)nc(-n2ccnc2)n1. The first-order valence-corrected chi connectivity index (χ1v) is 7.08. The maximum Gasteiger partial charge on any atom is 0.241 e. The highest BCUT2D eigenvalue weighted by atomic mass is 16.3. The molecule has 0 saturated carbocycles. The zero-order valence-electron chi connectivity index (χ0n) is 12.0. The molecule has 8 heteroatoms. The van der Waals surface area contributed by atoms with E-state index < -0.39 is 0 Å².